The van der Waals surface area contributed by atoms with Gasteiger partial charge in [0.1, 0.15) is 6.10 Å². The summed E-state index contributed by atoms with van der Waals surface area (Å²) >= 11 is 0. The minimum Gasteiger partial charge on any atom is -0.384 e. The van der Waals surface area contributed by atoms with Crippen molar-refractivity contribution in [3.63, 3.8) is 0 Å². The summed E-state index contributed by atoms with van der Waals surface area (Å²) in [6.07, 6.45) is 1.45. The predicted molar refractivity (Wildman–Crippen MR) is 83.8 cm³/mol. The van der Waals surface area contributed by atoms with Gasteiger partial charge in [-0.3, -0.25) is 9.69 Å². The first-order chi connectivity index (χ1) is 10.1. The molecule has 1 saturated heterocycles. The Kier molecular flexibility index (Phi) is 5.76. The second kappa shape index (κ2) is 7.57. The van der Waals surface area contributed by atoms with E-state index < -0.39 is 6.10 Å². The number of rotatable bonds is 5. The zero-order valence-electron chi connectivity index (χ0n) is 13.0. The SMILES string of the molecule is CC1CCN(C(CNC(=O)C(C)O)c2ccccc2)CC1. The van der Waals surface area contributed by atoms with Gasteiger partial charge in [-0.05, 0) is 44.3 Å². The van der Waals surface area contributed by atoms with Gasteiger partial charge < -0.3 is 10.4 Å². The summed E-state index contributed by atoms with van der Waals surface area (Å²) in [7, 11) is 0. The maximum atomic E-state index is 11.6. The van der Waals surface area contributed by atoms with E-state index in [0.717, 1.165) is 19.0 Å². The van der Waals surface area contributed by atoms with Crippen LogP contribution in [0.3, 0.4) is 0 Å². The van der Waals surface area contributed by atoms with Gasteiger partial charge in [-0.1, -0.05) is 37.3 Å². The minimum absolute atomic E-state index is 0.182. The first kappa shape index (κ1) is 16.0. The van der Waals surface area contributed by atoms with E-state index in [4.69, 9.17) is 0 Å². The first-order valence-electron chi connectivity index (χ1n) is 7.82. The Bertz CT molecular complexity index is 439. The topological polar surface area (TPSA) is 52.6 Å². The minimum atomic E-state index is -0.956. The molecule has 0 aliphatic carbocycles. The summed E-state index contributed by atoms with van der Waals surface area (Å²) in [5, 5.41) is 12.2. The molecule has 0 aromatic heterocycles. The number of nitrogens with one attached hydrogen (secondary N) is 1. The van der Waals surface area contributed by atoms with Gasteiger partial charge >= 0.3 is 0 Å². The second-order valence-electron chi connectivity index (χ2n) is 6.07. The standard InChI is InChI=1S/C17H26N2O2/c1-13-8-10-19(11-9-13)16(12-18-17(21)14(2)20)15-6-4-3-5-7-15/h3-7,13-14,16,20H,8-12H2,1-2H3,(H,18,21). The van der Waals surface area contributed by atoms with Crippen LogP contribution in [0, 0.1) is 5.92 Å². The molecule has 4 nitrogen and oxygen atoms in total. The Morgan fingerprint density at radius 3 is 2.52 bits per heavy atom. The lowest BCUT2D eigenvalue weighted by atomic mass is 9.95. The fourth-order valence-corrected chi connectivity index (χ4v) is 2.82. The van der Waals surface area contributed by atoms with Crippen molar-refractivity contribution >= 4 is 5.91 Å². The molecule has 2 N–H and O–H groups in total. The van der Waals surface area contributed by atoms with Crippen molar-refractivity contribution in [3.05, 3.63) is 35.9 Å². The third-order valence-corrected chi connectivity index (χ3v) is 4.29. The third-order valence-electron chi connectivity index (χ3n) is 4.29. The van der Waals surface area contributed by atoms with E-state index in [2.05, 4.69) is 29.3 Å². The van der Waals surface area contributed by atoms with Crippen LogP contribution in [0.5, 0.6) is 0 Å². The van der Waals surface area contributed by atoms with Crippen LogP contribution in [0.2, 0.25) is 0 Å². The number of benzene rings is 1. The number of hydrogen-bond donors (Lipinski definition) is 2. The lowest BCUT2D eigenvalue weighted by Crippen LogP contribution is -2.43. The van der Waals surface area contributed by atoms with E-state index in [-0.39, 0.29) is 11.9 Å². The van der Waals surface area contributed by atoms with Crippen LogP contribution in [0.25, 0.3) is 0 Å². The second-order valence-corrected chi connectivity index (χ2v) is 6.07. The molecule has 1 heterocycles. The fourth-order valence-electron chi connectivity index (χ4n) is 2.82. The van der Waals surface area contributed by atoms with Crippen LogP contribution in [0.4, 0.5) is 0 Å². The van der Waals surface area contributed by atoms with Gasteiger partial charge in [0.2, 0.25) is 5.91 Å². The van der Waals surface area contributed by atoms with Crippen LogP contribution in [-0.4, -0.2) is 41.7 Å². The highest BCUT2D eigenvalue weighted by Crippen LogP contribution is 2.26. The number of carbonyl (C=O) groups is 1. The molecule has 2 rings (SSSR count). The van der Waals surface area contributed by atoms with Crippen molar-refractivity contribution < 1.29 is 9.90 Å². The van der Waals surface area contributed by atoms with Crippen molar-refractivity contribution in [1.82, 2.24) is 10.2 Å². The number of likely N-dealkylation sites (tertiary alicyclic amines) is 1. The highest BCUT2D eigenvalue weighted by molar-refractivity contribution is 5.80. The van der Waals surface area contributed by atoms with Gasteiger partial charge in [0.25, 0.3) is 0 Å². The Labute approximate surface area is 127 Å². The van der Waals surface area contributed by atoms with E-state index in [9.17, 15) is 9.90 Å². The lowest BCUT2D eigenvalue weighted by molar-refractivity contribution is -0.128. The molecule has 1 aliphatic rings. The zero-order chi connectivity index (χ0) is 15.2. The molecule has 21 heavy (non-hydrogen) atoms. The van der Waals surface area contributed by atoms with Gasteiger partial charge in [-0.15, -0.1) is 0 Å². The monoisotopic (exact) mass is 290 g/mol. The third kappa shape index (κ3) is 4.55. The number of aliphatic hydroxyl groups is 1. The maximum absolute atomic E-state index is 11.6. The Morgan fingerprint density at radius 2 is 1.95 bits per heavy atom. The van der Waals surface area contributed by atoms with E-state index in [1.54, 1.807) is 0 Å². The smallest absolute Gasteiger partial charge is 0.248 e. The molecule has 4 heteroatoms. The maximum Gasteiger partial charge on any atom is 0.248 e. The number of carbonyl (C=O) groups excluding carboxylic acids is 1. The normalized spacial score (nSPS) is 20.0. The zero-order valence-corrected chi connectivity index (χ0v) is 13.0. The average Bonchev–Trinajstić information content (AvgIpc) is 2.50. The van der Waals surface area contributed by atoms with Crippen LogP contribution < -0.4 is 5.32 Å². The molecule has 1 aromatic rings. The van der Waals surface area contributed by atoms with Crippen LogP contribution in [0.15, 0.2) is 30.3 Å². The molecule has 2 atom stereocenters. The van der Waals surface area contributed by atoms with Gasteiger partial charge in [0.15, 0.2) is 0 Å². The van der Waals surface area contributed by atoms with Crippen LogP contribution >= 0.6 is 0 Å². The number of piperidine rings is 1. The molecular formula is C17H26N2O2. The predicted octanol–water partition coefficient (Wildman–Crippen LogP) is 1.96. The molecule has 0 bridgehead atoms. The Morgan fingerprint density at radius 1 is 1.33 bits per heavy atom. The van der Waals surface area contributed by atoms with Crippen molar-refractivity contribution in [3.8, 4) is 0 Å². The van der Waals surface area contributed by atoms with E-state index in [1.807, 2.05) is 18.2 Å². The number of amides is 1. The number of nitrogens with zero attached hydrogens (tertiary/aromatic N) is 1. The Balaban J connectivity index is 2.05. The molecule has 0 spiro atoms. The molecule has 2 unspecified atom stereocenters. The number of aliphatic hydroxyl groups excluding tert-OH is 1. The highest BCUT2D eigenvalue weighted by atomic mass is 16.3. The summed E-state index contributed by atoms with van der Waals surface area (Å²) in [6.45, 7) is 6.46. The van der Waals surface area contributed by atoms with Crippen molar-refractivity contribution in [2.24, 2.45) is 5.92 Å². The molecule has 116 valence electrons. The molecule has 1 fully saturated rings. The van der Waals surface area contributed by atoms with Crippen LogP contribution in [-0.2, 0) is 4.79 Å². The molecule has 0 radical (unpaired) electrons. The largest absolute Gasteiger partial charge is 0.384 e. The van der Waals surface area contributed by atoms with Gasteiger partial charge in [0, 0.05) is 6.54 Å². The fraction of sp³-hybridized carbons (Fsp3) is 0.588. The molecule has 1 amide bonds. The summed E-state index contributed by atoms with van der Waals surface area (Å²) < 4.78 is 0. The summed E-state index contributed by atoms with van der Waals surface area (Å²) in [5.41, 5.74) is 1.22. The van der Waals surface area contributed by atoms with E-state index >= 15 is 0 Å². The first-order valence-corrected chi connectivity index (χ1v) is 7.82. The Hall–Kier alpha value is -1.39. The molecule has 1 aromatic carbocycles. The van der Waals surface area contributed by atoms with Crippen molar-refractivity contribution in [1.29, 1.82) is 0 Å². The van der Waals surface area contributed by atoms with E-state index in [1.165, 1.54) is 25.3 Å². The van der Waals surface area contributed by atoms with Gasteiger partial charge in [-0.2, -0.15) is 0 Å². The van der Waals surface area contributed by atoms with E-state index in [0.29, 0.717) is 6.54 Å². The van der Waals surface area contributed by atoms with Gasteiger partial charge in [0.05, 0.1) is 6.04 Å². The molecular weight excluding hydrogens is 264 g/mol. The highest BCUT2D eigenvalue weighted by Gasteiger charge is 2.25. The summed E-state index contributed by atoms with van der Waals surface area (Å²) in [6, 6.07) is 10.5. The van der Waals surface area contributed by atoms with Gasteiger partial charge in [-0.25, -0.2) is 0 Å². The average molecular weight is 290 g/mol. The quantitative estimate of drug-likeness (QED) is 0.871. The molecule has 0 saturated carbocycles. The molecule has 1 aliphatic heterocycles. The van der Waals surface area contributed by atoms with Crippen molar-refractivity contribution in [2.45, 2.75) is 38.8 Å². The summed E-state index contributed by atoms with van der Waals surface area (Å²) in [4.78, 5) is 14.1. The van der Waals surface area contributed by atoms with Crippen molar-refractivity contribution in [2.75, 3.05) is 19.6 Å². The summed E-state index contributed by atoms with van der Waals surface area (Å²) in [5.74, 6) is 0.478. The van der Waals surface area contributed by atoms with Crippen LogP contribution in [0.1, 0.15) is 38.3 Å². The lowest BCUT2D eigenvalue weighted by Gasteiger charge is -2.37. The number of hydrogen-bond acceptors (Lipinski definition) is 3.